The summed E-state index contributed by atoms with van der Waals surface area (Å²) >= 11 is 5.98. The van der Waals surface area contributed by atoms with Crippen molar-refractivity contribution in [2.45, 2.75) is 24.8 Å². The smallest absolute Gasteiger partial charge is 0.335 e. The minimum atomic E-state index is -0.968. The second-order valence-electron chi connectivity index (χ2n) is 6.39. The van der Waals surface area contributed by atoms with E-state index >= 15 is 0 Å². The van der Waals surface area contributed by atoms with E-state index in [4.69, 9.17) is 21.4 Å². The van der Waals surface area contributed by atoms with Gasteiger partial charge < -0.3 is 15.2 Å². The summed E-state index contributed by atoms with van der Waals surface area (Å²) < 4.78 is 5.46. The predicted molar refractivity (Wildman–Crippen MR) is 98.4 cm³/mol. The number of carbonyl (C=O) groups excluding carboxylic acids is 1. The molecule has 5 nitrogen and oxygen atoms in total. The Hall–Kier alpha value is -2.37. The molecule has 6 heteroatoms. The zero-order valence-corrected chi connectivity index (χ0v) is 15.0. The minimum Gasteiger partial charge on any atom is -0.478 e. The lowest BCUT2D eigenvalue weighted by molar-refractivity contribution is -0.130. The number of ether oxygens (including phenoxy) is 1. The molecule has 1 fully saturated rings. The monoisotopic (exact) mass is 373 g/mol. The topological polar surface area (TPSA) is 75.6 Å². The second kappa shape index (κ2) is 7.89. The Kier molecular flexibility index (Phi) is 5.59. The van der Waals surface area contributed by atoms with Crippen LogP contribution < -0.4 is 5.32 Å². The molecule has 136 valence electrons. The van der Waals surface area contributed by atoms with Gasteiger partial charge in [-0.15, -0.1) is 0 Å². The first-order valence-corrected chi connectivity index (χ1v) is 8.83. The van der Waals surface area contributed by atoms with Crippen LogP contribution in [0.2, 0.25) is 5.02 Å². The number of amides is 1. The molecule has 2 N–H and O–H groups in total. The van der Waals surface area contributed by atoms with Crippen LogP contribution in [0.3, 0.4) is 0 Å². The number of hydrogen-bond acceptors (Lipinski definition) is 3. The zero-order chi connectivity index (χ0) is 18.6. The van der Waals surface area contributed by atoms with E-state index in [2.05, 4.69) is 5.32 Å². The third kappa shape index (κ3) is 3.89. The highest BCUT2D eigenvalue weighted by Gasteiger charge is 2.41. The lowest BCUT2D eigenvalue weighted by Gasteiger charge is -2.36. The van der Waals surface area contributed by atoms with E-state index in [0.29, 0.717) is 37.6 Å². The molecule has 1 heterocycles. The van der Waals surface area contributed by atoms with Crippen LogP contribution >= 0.6 is 11.6 Å². The SMILES string of the molecule is O=C(O)c1ccc(CNC(=O)C2(c3ccc(Cl)cc3)CCOCC2)cc1. The predicted octanol–water partition coefficient (Wildman–Crippen LogP) is 3.40. The van der Waals surface area contributed by atoms with Gasteiger partial charge in [-0.05, 0) is 48.2 Å². The second-order valence-corrected chi connectivity index (χ2v) is 6.82. The standard InChI is InChI=1S/C20H20ClNO4/c21-17-7-5-16(6-8-17)20(9-11-26-12-10-20)19(25)22-13-14-1-3-15(4-2-14)18(23)24/h1-8H,9-13H2,(H,22,25)(H,23,24). The number of halogens is 1. The van der Waals surface area contributed by atoms with Crippen molar-refractivity contribution in [2.24, 2.45) is 0 Å². The molecule has 0 atom stereocenters. The summed E-state index contributed by atoms with van der Waals surface area (Å²) in [5.41, 5.74) is 1.37. The summed E-state index contributed by atoms with van der Waals surface area (Å²) in [6.45, 7) is 1.40. The number of nitrogens with one attached hydrogen (secondary N) is 1. The maximum atomic E-state index is 13.1. The van der Waals surface area contributed by atoms with Gasteiger partial charge in [-0.3, -0.25) is 4.79 Å². The van der Waals surface area contributed by atoms with Crippen molar-refractivity contribution in [2.75, 3.05) is 13.2 Å². The average Bonchev–Trinajstić information content (AvgIpc) is 2.67. The van der Waals surface area contributed by atoms with E-state index in [9.17, 15) is 9.59 Å². The Balaban J connectivity index is 1.75. The van der Waals surface area contributed by atoms with Crippen LogP contribution in [0.1, 0.15) is 34.3 Å². The Morgan fingerprint density at radius 2 is 1.65 bits per heavy atom. The van der Waals surface area contributed by atoms with Gasteiger partial charge >= 0.3 is 5.97 Å². The Bertz CT molecular complexity index is 780. The molecular weight excluding hydrogens is 354 g/mol. The molecule has 3 rings (SSSR count). The molecule has 0 radical (unpaired) electrons. The average molecular weight is 374 g/mol. The molecule has 26 heavy (non-hydrogen) atoms. The quantitative estimate of drug-likeness (QED) is 0.842. The van der Waals surface area contributed by atoms with Crippen LogP contribution in [0.4, 0.5) is 0 Å². The maximum absolute atomic E-state index is 13.1. The summed E-state index contributed by atoms with van der Waals surface area (Å²) in [4.78, 5) is 24.0. The molecule has 0 bridgehead atoms. The van der Waals surface area contributed by atoms with Crippen molar-refractivity contribution in [3.8, 4) is 0 Å². The van der Waals surface area contributed by atoms with Gasteiger partial charge in [-0.25, -0.2) is 4.79 Å². The fourth-order valence-electron chi connectivity index (χ4n) is 3.25. The molecule has 2 aromatic carbocycles. The summed E-state index contributed by atoms with van der Waals surface area (Å²) in [6, 6.07) is 13.9. The van der Waals surface area contributed by atoms with Gasteiger partial charge in [0.1, 0.15) is 0 Å². The fourth-order valence-corrected chi connectivity index (χ4v) is 3.38. The number of aromatic carboxylic acids is 1. The first-order valence-electron chi connectivity index (χ1n) is 8.46. The number of carboxylic acid groups (broad SMARTS) is 1. The number of hydrogen-bond donors (Lipinski definition) is 2. The van der Waals surface area contributed by atoms with Crippen LogP contribution in [-0.4, -0.2) is 30.2 Å². The number of carbonyl (C=O) groups is 2. The molecule has 2 aromatic rings. The molecule has 1 saturated heterocycles. The van der Waals surface area contributed by atoms with Gasteiger partial charge in [0.05, 0.1) is 11.0 Å². The highest BCUT2D eigenvalue weighted by molar-refractivity contribution is 6.30. The van der Waals surface area contributed by atoms with E-state index < -0.39 is 11.4 Å². The van der Waals surface area contributed by atoms with Gasteiger partial charge in [-0.1, -0.05) is 35.9 Å². The van der Waals surface area contributed by atoms with Crippen molar-refractivity contribution in [3.05, 3.63) is 70.2 Å². The van der Waals surface area contributed by atoms with Gasteiger partial charge in [-0.2, -0.15) is 0 Å². The number of carboxylic acids is 1. The van der Waals surface area contributed by atoms with Gasteiger partial charge in [0.2, 0.25) is 5.91 Å². The molecular formula is C20H20ClNO4. The van der Waals surface area contributed by atoms with Crippen LogP contribution in [0.15, 0.2) is 48.5 Å². The first kappa shape index (κ1) is 18.4. The van der Waals surface area contributed by atoms with Crippen LogP contribution in [0.25, 0.3) is 0 Å². The minimum absolute atomic E-state index is 0.0505. The Morgan fingerprint density at radius 3 is 2.23 bits per heavy atom. The van der Waals surface area contributed by atoms with Crippen molar-refractivity contribution in [1.29, 1.82) is 0 Å². The van der Waals surface area contributed by atoms with Gasteiger partial charge in [0.25, 0.3) is 0 Å². The zero-order valence-electron chi connectivity index (χ0n) is 14.2. The third-order valence-electron chi connectivity index (χ3n) is 4.83. The van der Waals surface area contributed by atoms with Crippen LogP contribution in [0, 0.1) is 0 Å². The van der Waals surface area contributed by atoms with E-state index in [0.717, 1.165) is 11.1 Å². The molecule has 0 aliphatic carbocycles. The van der Waals surface area contributed by atoms with E-state index in [1.54, 1.807) is 24.3 Å². The lowest BCUT2D eigenvalue weighted by atomic mass is 9.73. The first-order chi connectivity index (χ1) is 12.5. The molecule has 0 aromatic heterocycles. The molecule has 0 saturated carbocycles. The van der Waals surface area contributed by atoms with Crippen molar-refractivity contribution in [3.63, 3.8) is 0 Å². The van der Waals surface area contributed by atoms with Crippen molar-refractivity contribution < 1.29 is 19.4 Å². The summed E-state index contributed by atoms with van der Waals surface area (Å²) in [5.74, 6) is -1.02. The Labute approximate surface area is 156 Å². The molecule has 1 aliphatic rings. The highest BCUT2D eigenvalue weighted by atomic mass is 35.5. The summed E-state index contributed by atoms with van der Waals surface area (Å²) in [6.07, 6.45) is 1.22. The lowest BCUT2D eigenvalue weighted by Crippen LogP contribution is -2.47. The van der Waals surface area contributed by atoms with Gasteiger partial charge in [0, 0.05) is 24.8 Å². The van der Waals surface area contributed by atoms with E-state index in [-0.39, 0.29) is 11.5 Å². The van der Waals surface area contributed by atoms with Crippen LogP contribution in [-0.2, 0) is 21.5 Å². The fraction of sp³-hybridized carbons (Fsp3) is 0.300. The molecule has 1 amide bonds. The molecule has 0 unspecified atom stereocenters. The Morgan fingerprint density at radius 1 is 1.04 bits per heavy atom. The summed E-state index contributed by atoms with van der Waals surface area (Å²) in [5, 5.41) is 12.6. The number of rotatable bonds is 5. The normalized spacial score (nSPS) is 16.0. The van der Waals surface area contributed by atoms with E-state index in [1.807, 2.05) is 12.1 Å². The maximum Gasteiger partial charge on any atom is 0.335 e. The number of benzene rings is 2. The third-order valence-corrected chi connectivity index (χ3v) is 5.08. The van der Waals surface area contributed by atoms with Crippen molar-refractivity contribution >= 4 is 23.5 Å². The largest absolute Gasteiger partial charge is 0.478 e. The highest BCUT2D eigenvalue weighted by Crippen LogP contribution is 2.35. The summed E-state index contributed by atoms with van der Waals surface area (Å²) in [7, 11) is 0. The molecule has 0 spiro atoms. The van der Waals surface area contributed by atoms with E-state index in [1.165, 1.54) is 12.1 Å². The van der Waals surface area contributed by atoms with Crippen molar-refractivity contribution in [1.82, 2.24) is 5.32 Å². The van der Waals surface area contributed by atoms with Crippen LogP contribution in [0.5, 0.6) is 0 Å². The van der Waals surface area contributed by atoms with Gasteiger partial charge in [0.15, 0.2) is 0 Å². The molecule has 1 aliphatic heterocycles.